The maximum atomic E-state index is 12.0. The van der Waals surface area contributed by atoms with Crippen LogP contribution in [-0.2, 0) is 14.4 Å². The number of hydrogen-bond donors (Lipinski definition) is 2. The summed E-state index contributed by atoms with van der Waals surface area (Å²) in [5, 5.41) is 4.84. The highest BCUT2D eigenvalue weighted by Gasteiger charge is 2.29. The van der Waals surface area contributed by atoms with Crippen LogP contribution in [0.15, 0.2) is 35.9 Å². The number of carbonyl (C=O) groups is 5. The summed E-state index contributed by atoms with van der Waals surface area (Å²) in [4.78, 5) is 59.2. The lowest BCUT2D eigenvalue weighted by Gasteiger charge is -2.13. The van der Waals surface area contributed by atoms with Gasteiger partial charge in [0.15, 0.2) is 5.78 Å². The second kappa shape index (κ2) is 9.13. The second-order valence-corrected chi connectivity index (χ2v) is 6.73. The van der Waals surface area contributed by atoms with E-state index in [-0.39, 0.29) is 41.3 Å². The lowest BCUT2D eigenvalue weighted by molar-refractivity contribution is -0.125. The van der Waals surface area contributed by atoms with Crippen molar-refractivity contribution in [1.29, 1.82) is 0 Å². The van der Waals surface area contributed by atoms with Crippen molar-refractivity contribution in [3.8, 4) is 0 Å². The Hall–Kier alpha value is -2.94. The number of nitrogens with zero attached hydrogens (tertiary/aromatic N) is 1. The van der Waals surface area contributed by atoms with E-state index in [0.29, 0.717) is 11.3 Å². The molecule has 1 aliphatic heterocycles. The molecule has 1 heterocycles. The van der Waals surface area contributed by atoms with Crippen LogP contribution in [-0.4, -0.2) is 52.5 Å². The van der Waals surface area contributed by atoms with Gasteiger partial charge >= 0.3 is 0 Å². The molecule has 9 heteroatoms. The van der Waals surface area contributed by atoms with Gasteiger partial charge in [-0.15, -0.1) is 0 Å². The van der Waals surface area contributed by atoms with Crippen LogP contribution in [0.3, 0.4) is 0 Å². The molecule has 142 valence electrons. The first kappa shape index (κ1) is 20.4. The molecule has 8 nitrogen and oxygen atoms in total. The summed E-state index contributed by atoms with van der Waals surface area (Å²) in [5.41, 5.74) is 1.21. The molecule has 0 saturated carbocycles. The van der Waals surface area contributed by atoms with E-state index < -0.39 is 11.8 Å². The van der Waals surface area contributed by atoms with Crippen molar-refractivity contribution in [3.05, 3.63) is 41.5 Å². The standard InChI is InChI=1S/C18H19N3O5S/c1-11(17(25)19-7-8-21-16(24)10-27-18(21)26)9-15(23)20-14-5-3-13(4-6-14)12(2)22/h3-6,9H,7-8,10H2,1-2H3,(H,19,25)(H,20,23)/b11-9-. The number of carbonyl (C=O) groups excluding carboxylic acids is 5. The van der Waals surface area contributed by atoms with Gasteiger partial charge < -0.3 is 10.6 Å². The average Bonchev–Trinajstić information content (AvgIpc) is 2.93. The summed E-state index contributed by atoms with van der Waals surface area (Å²) < 4.78 is 0. The van der Waals surface area contributed by atoms with E-state index in [9.17, 15) is 24.0 Å². The fourth-order valence-electron chi connectivity index (χ4n) is 2.25. The van der Waals surface area contributed by atoms with Crippen LogP contribution in [0, 0.1) is 0 Å². The normalized spacial score (nSPS) is 14.3. The number of ketones is 1. The molecule has 1 aromatic carbocycles. The number of anilines is 1. The van der Waals surface area contributed by atoms with Crippen molar-refractivity contribution in [3.63, 3.8) is 0 Å². The minimum Gasteiger partial charge on any atom is -0.351 e. The number of nitrogens with one attached hydrogen (secondary N) is 2. The third-order valence-electron chi connectivity index (χ3n) is 3.73. The molecule has 1 aliphatic rings. The largest absolute Gasteiger partial charge is 0.351 e. The minimum atomic E-state index is -0.487. The Morgan fingerprint density at radius 2 is 1.81 bits per heavy atom. The van der Waals surface area contributed by atoms with Gasteiger partial charge in [0.05, 0.1) is 5.75 Å². The van der Waals surface area contributed by atoms with Crippen LogP contribution in [0.25, 0.3) is 0 Å². The van der Waals surface area contributed by atoms with E-state index in [4.69, 9.17) is 0 Å². The van der Waals surface area contributed by atoms with Crippen LogP contribution < -0.4 is 10.6 Å². The highest BCUT2D eigenvalue weighted by Crippen LogP contribution is 2.17. The van der Waals surface area contributed by atoms with Crippen LogP contribution in [0.2, 0.25) is 0 Å². The first-order chi connectivity index (χ1) is 12.8. The molecule has 2 rings (SSSR count). The van der Waals surface area contributed by atoms with Crippen molar-refractivity contribution < 1.29 is 24.0 Å². The van der Waals surface area contributed by atoms with E-state index in [1.165, 1.54) is 13.8 Å². The van der Waals surface area contributed by atoms with Gasteiger partial charge in [0.1, 0.15) is 0 Å². The first-order valence-corrected chi connectivity index (χ1v) is 9.12. The smallest absolute Gasteiger partial charge is 0.288 e. The van der Waals surface area contributed by atoms with Gasteiger partial charge in [0, 0.05) is 36.0 Å². The topological polar surface area (TPSA) is 113 Å². The van der Waals surface area contributed by atoms with Gasteiger partial charge in [0.2, 0.25) is 17.7 Å². The maximum absolute atomic E-state index is 12.0. The predicted molar refractivity (Wildman–Crippen MR) is 101 cm³/mol. The Labute approximate surface area is 160 Å². The highest BCUT2D eigenvalue weighted by molar-refractivity contribution is 8.14. The summed E-state index contributed by atoms with van der Waals surface area (Å²) in [6.45, 7) is 3.14. The molecule has 0 aliphatic carbocycles. The number of Topliss-reactive ketones (excluding diaryl/α,β-unsaturated/α-hetero) is 1. The zero-order valence-corrected chi connectivity index (χ0v) is 15.7. The Bertz CT molecular complexity index is 801. The summed E-state index contributed by atoms with van der Waals surface area (Å²) >= 11 is 0.932. The lowest BCUT2D eigenvalue weighted by atomic mass is 10.1. The Morgan fingerprint density at radius 3 is 2.37 bits per heavy atom. The van der Waals surface area contributed by atoms with Gasteiger partial charge in [-0.3, -0.25) is 28.9 Å². The van der Waals surface area contributed by atoms with Gasteiger partial charge in [-0.05, 0) is 38.1 Å². The monoisotopic (exact) mass is 389 g/mol. The lowest BCUT2D eigenvalue weighted by Crippen LogP contribution is -2.37. The molecule has 27 heavy (non-hydrogen) atoms. The summed E-state index contributed by atoms with van der Waals surface area (Å²) in [6, 6.07) is 6.39. The number of amides is 4. The van der Waals surface area contributed by atoms with Crippen molar-refractivity contribution in [1.82, 2.24) is 10.2 Å². The third kappa shape index (κ3) is 5.78. The van der Waals surface area contributed by atoms with Crippen LogP contribution >= 0.6 is 11.8 Å². The number of benzene rings is 1. The third-order valence-corrected chi connectivity index (χ3v) is 4.58. The van der Waals surface area contributed by atoms with Crippen molar-refractivity contribution >= 4 is 46.2 Å². The van der Waals surface area contributed by atoms with Crippen LogP contribution in [0.1, 0.15) is 24.2 Å². The van der Waals surface area contributed by atoms with E-state index in [1.54, 1.807) is 24.3 Å². The summed E-state index contributed by atoms with van der Waals surface area (Å²) in [7, 11) is 0. The fourth-order valence-corrected chi connectivity index (χ4v) is 3.00. The highest BCUT2D eigenvalue weighted by atomic mass is 32.2. The molecule has 2 N–H and O–H groups in total. The molecule has 0 bridgehead atoms. The fraction of sp³-hybridized carbons (Fsp3) is 0.278. The van der Waals surface area contributed by atoms with Gasteiger partial charge in [-0.1, -0.05) is 11.8 Å². The minimum absolute atomic E-state index is 0.0730. The Kier molecular flexibility index (Phi) is 6.89. The Balaban J connectivity index is 1.83. The quantitative estimate of drug-likeness (QED) is 0.541. The zero-order valence-electron chi connectivity index (χ0n) is 14.9. The molecule has 1 saturated heterocycles. The summed E-state index contributed by atoms with van der Waals surface area (Å²) in [5.74, 6) is -1.18. The second-order valence-electron chi connectivity index (χ2n) is 5.81. The molecule has 4 amide bonds. The van der Waals surface area contributed by atoms with Gasteiger partial charge in [-0.25, -0.2) is 0 Å². The van der Waals surface area contributed by atoms with Crippen molar-refractivity contribution in [2.75, 3.05) is 24.2 Å². The molecule has 1 fully saturated rings. The van der Waals surface area contributed by atoms with Gasteiger partial charge in [-0.2, -0.15) is 0 Å². The predicted octanol–water partition coefficient (Wildman–Crippen LogP) is 1.59. The molecule has 0 radical (unpaired) electrons. The summed E-state index contributed by atoms with van der Waals surface area (Å²) in [6.07, 6.45) is 1.15. The van der Waals surface area contributed by atoms with E-state index in [2.05, 4.69) is 10.6 Å². The molecular weight excluding hydrogens is 370 g/mol. The first-order valence-electron chi connectivity index (χ1n) is 8.13. The van der Waals surface area contributed by atoms with E-state index >= 15 is 0 Å². The van der Waals surface area contributed by atoms with Crippen LogP contribution in [0.4, 0.5) is 10.5 Å². The molecule has 0 unspecified atom stereocenters. The average molecular weight is 389 g/mol. The number of hydrogen-bond acceptors (Lipinski definition) is 6. The molecular formula is C18H19N3O5S. The molecule has 0 atom stereocenters. The maximum Gasteiger partial charge on any atom is 0.288 e. The number of thioether (sulfide) groups is 1. The van der Waals surface area contributed by atoms with E-state index in [0.717, 1.165) is 22.7 Å². The SMILES string of the molecule is CC(=O)c1ccc(NC(=O)/C=C(/C)C(=O)NCCN2C(=O)CSC2=O)cc1. The van der Waals surface area contributed by atoms with E-state index in [1.807, 2.05) is 0 Å². The molecule has 1 aromatic rings. The molecule has 0 aromatic heterocycles. The van der Waals surface area contributed by atoms with Crippen molar-refractivity contribution in [2.45, 2.75) is 13.8 Å². The van der Waals surface area contributed by atoms with Crippen molar-refractivity contribution in [2.24, 2.45) is 0 Å². The molecule has 0 spiro atoms. The van der Waals surface area contributed by atoms with Gasteiger partial charge in [0.25, 0.3) is 5.24 Å². The number of imide groups is 1. The number of rotatable bonds is 7. The van der Waals surface area contributed by atoms with Crippen LogP contribution in [0.5, 0.6) is 0 Å². The zero-order chi connectivity index (χ0) is 20.0. The Morgan fingerprint density at radius 1 is 1.15 bits per heavy atom.